The van der Waals surface area contributed by atoms with Crippen LogP contribution in [-0.4, -0.2) is 25.5 Å². The summed E-state index contributed by atoms with van der Waals surface area (Å²) in [5.41, 5.74) is 10.6. The Kier molecular flexibility index (Phi) is 4.87. The maximum absolute atomic E-state index is 5.94. The molecule has 2 aromatic carbocycles. The third kappa shape index (κ3) is 4.26. The fraction of sp³-hybridized carbons (Fsp3) is 0.400. The Morgan fingerprint density at radius 1 is 1.09 bits per heavy atom. The average molecular weight is 310 g/mol. The first kappa shape index (κ1) is 15.9. The largest absolute Gasteiger partial charge is 0.489 e. The highest BCUT2D eigenvalue weighted by molar-refractivity contribution is 5.40. The summed E-state index contributed by atoms with van der Waals surface area (Å²) in [5, 5.41) is 0. The minimum atomic E-state index is 0.586. The highest BCUT2D eigenvalue weighted by atomic mass is 16.5. The van der Waals surface area contributed by atoms with E-state index in [9.17, 15) is 0 Å². The van der Waals surface area contributed by atoms with Gasteiger partial charge in [0.2, 0.25) is 0 Å². The lowest BCUT2D eigenvalue weighted by Gasteiger charge is -2.27. The molecule has 0 saturated heterocycles. The van der Waals surface area contributed by atoms with E-state index in [-0.39, 0.29) is 0 Å². The van der Waals surface area contributed by atoms with E-state index in [0.29, 0.717) is 6.61 Å². The van der Waals surface area contributed by atoms with Crippen LogP contribution in [0.15, 0.2) is 42.5 Å². The molecular formula is C20H26N2O. The molecule has 1 unspecified atom stereocenters. The zero-order chi connectivity index (χ0) is 16.2. The predicted molar refractivity (Wildman–Crippen MR) is 95.7 cm³/mol. The number of hydrogen-bond donors (Lipinski definition) is 1. The van der Waals surface area contributed by atoms with Crippen molar-refractivity contribution in [2.24, 2.45) is 5.92 Å². The predicted octanol–water partition coefficient (Wildman–Crippen LogP) is 3.51. The smallest absolute Gasteiger partial charge is 0.120 e. The summed E-state index contributed by atoms with van der Waals surface area (Å²) in [4.78, 5) is 2.29. The lowest BCUT2D eigenvalue weighted by atomic mass is 9.83. The molecule has 1 aliphatic rings. The SMILES string of the molecule is CN(C)CC1CCc2cc(OCc3ccc(N)cc3)ccc2C1. The minimum absolute atomic E-state index is 0.586. The van der Waals surface area contributed by atoms with Crippen LogP contribution in [0.4, 0.5) is 5.69 Å². The Morgan fingerprint density at radius 2 is 1.87 bits per heavy atom. The Hall–Kier alpha value is -2.00. The van der Waals surface area contributed by atoms with Gasteiger partial charge in [-0.05, 0) is 80.2 Å². The van der Waals surface area contributed by atoms with Gasteiger partial charge in [-0.2, -0.15) is 0 Å². The highest BCUT2D eigenvalue weighted by Gasteiger charge is 2.19. The van der Waals surface area contributed by atoms with Crippen LogP contribution in [0, 0.1) is 5.92 Å². The van der Waals surface area contributed by atoms with Crippen LogP contribution >= 0.6 is 0 Å². The van der Waals surface area contributed by atoms with Gasteiger partial charge in [0.15, 0.2) is 0 Å². The van der Waals surface area contributed by atoms with E-state index in [2.05, 4.69) is 37.2 Å². The molecule has 3 rings (SSSR count). The van der Waals surface area contributed by atoms with Crippen molar-refractivity contribution in [2.75, 3.05) is 26.4 Å². The van der Waals surface area contributed by atoms with Crippen LogP contribution in [0.5, 0.6) is 5.75 Å². The molecule has 0 aliphatic heterocycles. The summed E-state index contributed by atoms with van der Waals surface area (Å²) >= 11 is 0. The van der Waals surface area contributed by atoms with Crippen LogP contribution in [0.25, 0.3) is 0 Å². The van der Waals surface area contributed by atoms with Gasteiger partial charge in [-0.15, -0.1) is 0 Å². The molecule has 0 fully saturated rings. The molecule has 3 nitrogen and oxygen atoms in total. The second-order valence-electron chi connectivity index (χ2n) is 6.83. The third-order valence-electron chi connectivity index (χ3n) is 4.52. The molecule has 2 aromatic rings. The molecule has 1 atom stereocenters. The molecule has 0 amide bonds. The lowest BCUT2D eigenvalue weighted by molar-refractivity contribution is 0.297. The van der Waals surface area contributed by atoms with E-state index in [0.717, 1.165) is 29.3 Å². The van der Waals surface area contributed by atoms with Crippen molar-refractivity contribution in [1.82, 2.24) is 4.90 Å². The average Bonchev–Trinajstić information content (AvgIpc) is 2.54. The Morgan fingerprint density at radius 3 is 2.61 bits per heavy atom. The number of aryl methyl sites for hydroxylation is 1. The van der Waals surface area contributed by atoms with Crippen molar-refractivity contribution in [1.29, 1.82) is 0 Å². The van der Waals surface area contributed by atoms with Crippen LogP contribution in [0.1, 0.15) is 23.1 Å². The van der Waals surface area contributed by atoms with E-state index < -0.39 is 0 Å². The van der Waals surface area contributed by atoms with Gasteiger partial charge in [0.1, 0.15) is 12.4 Å². The normalized spacial score (nSPS) is 17.1. The van der Waals surface area contributed by atoms with Crippen molar-refractivity contribution in [2.45, 2.75) is 25.9 Å². The first-order valence-electron chi connectivity index (χ1n) is 8.34. The van der Waals surface area contributed by atoms with Gasteiger partial charge < -0.3 is 15.4 Å². The molecule has 2 N–H and O–H groups in total. The molecule has 0 bridgehead atoms. The number of rotatable bonds is 5. The number of benzene rings is 2. The van der Waals surface area contributed by atoms with Crippen molar-refractivity contribution < 1.29 is 4.74 Å². The third-order valence-corrected chi connectivity index (χ3v) is 4.52. The van der Waals surface area contributed by atoms with Gasteiger partial charge in [0.05, 0.1) is 0 Å². The molecular weight excluding hydrogens is 284 g/mol. The maximum atomic E-state index is 5.94. The highest BCUT2D eigenvalue weighted by Crippen LogP contribution is 2.29. The van der Waals surface area contributed by atoms with Crippen molar-refractivity contribution >= 4 is 5.69 Å². The second-order valence-corrected chi connectivity index (χ2v) is 6.83. The van der Waals surface area contributed by atoms with Crippen molar-refractivity contribution in [3.8, 4) is 5.75 Å². The van der Waals surface area contributed by atoms with E-state index >= 15 is 0 Å². The summed E-state index contributed by atoms with van der Waals surface area (Å²) in [5.74, 6) is 1.74. The second kappa shape index (κ2) is 7.05. The molecule has 0 spiro atoms. The summed E-state index contributed by atoms with van der Waals surface area (Å²) in [7, 11) is 4.31. The first-order chi connectivity index (χ1) is 11.1. The number of anilines is 1. The van der Waals surface area contributed by atoms with Gasteiger partial charge >= 0.3 is 0 Å². The summed E-state index contributed by atoms with van der Waals surface area (Å²) < 4.78 is 5.94. The molecule has 0 radical (unpaired) electrons. The van der Waals surface area contributed by atoms with Crippen molar-refractivity contribution in [3.63, 3.8) is 0 Å². The monoisotopic (exact) mass is 310 g/mol. The molecule has 0 aromatic heterocycles. The van der Waals surface area contributed by atoms with E-state index in [1.54, 1.807) is 0 Å². The number of hydrogen-bond acceptors (Lipinski definition) is 3. The van der Waals surface area contributed by atoms with E-state index in [1.165, 1.54) is 30.5 Å². The van der Waals surface area contributed by atoms with Gasteiger partial charge in [0.25, 0.3) is 0 Å². The number of nitrogen functional groups attached to an aromatic ring is 1. The Balaban J connectivity index is 1.62. The topological polar surface area (TPSA) is 38.5 Å². The lowest BCUT2D eigenvalue weighted by Crippen LogP contribution is -2.26. The number of nitrogens with two attached hydrogens (primary N) is 1. The van der Waals surface area contributed by atoms with E-state index in [1.807, 2.05) is 24.3 Å². The number of ether oxygens (including phenoxy) is 1. The molecule has 1 aliphatic carbocycles. The maximum Gasteiger partial charge on any atom is 0.120 e. The van der Waals surface area contributed by atoms with E-state index in [4.69, 9.17) is 10.5 Å². The molecule has 23 heavy (non-hydrogen) atoms. The van der Waals surface area contributed by atoms with Gasteiger partial charge in [-0.3, -0.25) is 0 Å². The van der Waals surface area contributed by atoms with Crippen LogP contribution < -0.4 is 10.5 Å². The molecule has 3 heteroatoms. The quantitative estimate of drug-likeness (QED) is 0.859. The van der Waals surface area contributed by atoms with Gasteiger partial charge in [0, 0.05) is 12.2 Å². The Labute approximate surface area is 139 Å². The first-order valence-corrected chi connectivity index (χ1v) is 8.34. The van der Waals surface area contributed by atoms with Crippen LogP contribution in [0.2, 0.25) is 0 Å². The van der Waals surface area contributed by atoms with Gasteiger partial charge in [-0.1, -0.05) is 18.2 Å². The fourth-order valence-electron chi connectivity index (χ4n) is 3.35. The Bertz CT molecular complexity index is 649. The minimum Gasteiger partial charge on any atom is -0.489 e. The fourth-order valence-corrected chi connectivity index (χ4v) is 3.35. The van der Waals surface area contributed by atoms with Crippen LogP contribution in [-0.2, 0) is 19.4 Å². The number of nitrogens with zero attached hydrogens (tertiary/aromatic N) is 1. The van der Waals surface area contributed by atoms with Crippen LogP contribution in [0.3, 0.4) is 0 Å². The summed E-state index contributed by atoms with van der Waals surface area (Å²) in [6.45, 7) is 1.76. The molecule has 122 valence electrons. The molecule has 0 saturated carbocycles. The standard InChI is InChI=1S/C20H26N2O/c1-22(2)13-16-3-6-18-12-20(10-7-17(18)11-16)23-14-15-4-8-19(21)9-5-15/h4-5,7-10,12,16H,3,6,11,13-14,21H2,1-2H3. The van der Waals surface area contributed by atoms with Crippen molar-refractivity contribution in [3.05, 3.63) is 59.2 Å². The zero-order valence-corrected chi connectivity index (χ0v) is 14.1. The molecule has 0 heterocycles. The number of fused-ring (bicyclic) bond motifs is 1. The summed E-state index contributed by atoms with van der Waals surface area (Å²) in [6.07, 6.45) is 3.62. The summed E-state index contributed by atoms with van der Waals surface area (Å²) in [6, 6.07) is 14.4. The van der Waals surface area contributed by atoms with Gasteiger partial charge in [-0.25, -0.2) is 0 Å². The zero-order valence-electron chi connectivity index (χ0n) is 14.1.